The van der Waals surface area contributed by atoms with Crippen molar-refractivity contribution in [2.45, 2.75) is 43.7 Å². The number of hydrogen-bond acceptors (Lipinski definition) is 5. The van der Waals surface area contributed by atoms with Crippen LogP contribution in [0.5, 0.6) is 5.75 Å². The Balaban J connectivity index is 1.64. The van der Waals surface area contributed by atoms with Gasteiger partial charge in [0.05, 0.1) is 28.9 Å². The lowest BCUT2D eigenvalue weighted by Gasteiger charge is -2.41. The third-order valence-electron chi connectivity index (χ3n) is 6.47. The molecule has 8 heteroatoms. The molecule has 0 bridgehead atoms. The Morgan fingerprint density at radius 1 is 1.27 bits per heavy atom. The number of carboxylic acid groups (broad SMARTS) is 1. The minimum absolute atomic E-state index is 0.0427. The van der Waals surface area contributed by atoms with E-state index in [0.29, 0.717) is 29.7 Å². The van der Waals surface area contributed by atoms with Gasteiger partial charge in [-0.2, -0.15) is 0 Å². The lowest BCUT2D eigenvalue weighted by Crippen LogP contribution is -2.46. The molecule has 7 nitrogen and oxygen atoms in total. The highest BCUT2D eigenvalue weighted by Gasteiger charge is 2.57. The van der Waals surface area contributed by atoms with Crippen molar-refractivity contribution >= 4 is 17.6 Å². The van der Waals surface area contributed by atoms with E-state index in [1.165, 1.54) is 12.3 Å². The molecule has 1 N–H and O–H groups in total. The number of nitrogens with zero attached hydrogens (tertiary/aromatic N) is 2. The van der Waals surface area contributed by atoms with Crippen molar-refractivity contribution in [2.75, 3.05) is 25.3 Å². The number of ether oxygens (including phenoxy) is 2. The molecule has 0 amide bonds. The Kier molecular flexibility index (Phi) is 4.56. The number of halogens is 1. The quantitative estimate of drug-likeness (QED) is 0.705. The number of carboxylic acids is 1. The monoisotopic (exact) mass is 430 g/mol. The van der Waals surface area contributed by atoms with Gasteiger partial charge in [-0.3, -0.25) is 14.5 Å². The number of aromatic nitrogens is 1. The lowest BCUT2D eigenvalue weighted by atomic mass is 9.94. The highest BCUT2D eigenvalue weighted by atomic mass is 35.5. The van der Waals surface area contributed by atoms with Crippen LogP contribution in [0.4, 0.5) is 0 Å². The summed E-state index contributed by atoms with van der Waals surface area (Å²) in [5, 5.41) is 12.2. The van der Waals surface area contributed by atoms with Crippen molar-refractivity contribution < 1.29 is 19.4 Å². The average molecular weight is 431 g/mol. The van der Waals surface area contributed by atoms with E-state index in [1.807, 2.05) is 16.8 Å². The van der Waals surface area contributed by atoms with Crippen LogP contribution in [0, 0.1) is 0 Å². The van der Waals surface area contributed by atoms with Gasteiger partial charge in [0, 0.05) is 38.0 Å². The Morgan fingerprint density at radius 3 is 2.77 bits per heavy atom. The standard InChI is InChI=1S/C22H23ClN2O5/c1-29-7-2-8-30-20-10-14-13(9-16(20)23)18-11-19(26)15(21(27)28)12-24(18)25-17(14)3-4-22(25)5-6-22/h9-12,17H,2-8H2,1H3,(H,27,28)/t17-/m1/s1. The maximum atomic E-state index is 12.5. The van der Waals surface area contributed by atoms with E-state index >= 15 is 0 Å². The van der Waals surface area contributed by atoms with E-state index < -0.39 is 11.4 Å². The van der Waals surface area contributed by atoms with Crippen LogP contribution < -0.4 is 15.2 Å². The molecule has 1 aliphatic carbocycles. The number of hydrogen-bond donors (Lipinski definition) is 1. The largest absolute Gasteiger partial charge is 0.492 e. The fourth-order valence-electron chi connectivity index (χ4n) is 4.89. The van der Waals surface area contributed by atoms with Crippen LogP contribution in [0.15, 0.2) is 29.2 Å². The zero-order valence-electron chi connectivity index (χ0n) is 16.7. The van der Waals surface area contributed by atoms with Gasteiger partial charge in [-0.05, 0) is 43.4 Å². The van der Waals surface area contributed by atoms with Crippen LogP contribution in [-0.4, -0.2) is 41.6 Å². The van der Waals surface area contributed by atoms with Gasteiger partial charge in [0.25, 0.3) is 0 Å². The minimum Gasteiger partial charge on any atom is -0.492 e. The molecule has 1 saturated heterocycles. The van der Waals surface area contributed by atoms with E-state index in [-0.39, 0.29) is 17.1 Å². The molecular weight excluding hydrogens is 408 g/mol. The van der Waals surface area contributed by atoms with Crippen molar-refractivity contribution in [3.63, 3.8) is 0 Å². The van der Waals surface area contributed by atoms with Crippen LogP contribution in [0.1, 0.15) is 54.1 Å². The van der Waals surface area contributed by atoms with Crippen LogP contribution in [0.3, 0.4) is 0 Å². The number of aromatic carboxylic acids is 1. The number of carbonyl (C=O) groups is 1. The molecule has 1 saturated carbocycles. The van der Waals surface area contributed by atoms with E-state index in [1.54, 1.807) is 7.11 Å². The molecule has 1 atom stereocenters. The summed E-state index contributed by atoms with van der Waals surface area (Å²) < 4.78 is 12.9. The summed E-state index contributed by atoms with van der Waals surface area (Å²) >= 11 is 6.52. The van der Waals surface area contributed by atoms with Crippen LogP contribution in [0.2, 0.25) is 5.02 Å². The first-order valence-corrected chi connectivity index (χ1v) is 10.6. The van der Waals surface area contributed by atoms with Crippen molar-refractivity contribution in [2.24, 2.45) is 0 Å². The number of rotatable bonds is 6. The molecule has 158 valence electrons. The predicted octanol–water partition coefficient (Wildman–Crippen LogP) is 3.60. The molecular formula is C22H23ClN2O5. The predicted molar refractivity (Wildman–Crippen MR) is 112 cm³/mol. The van der Waals surface area contributed by atoms with Crippen LogP contribution in [0.25, 0.3) is 11.3 Å². The number of benzene rings is 1. The average Bonchev–Trinajstić information content (AvgIpc) is 3.39. The summed E-state index contributed by atoms with van der Waals surface area (Å²) in [7, 11) is 1.66. The van der Waals surface area contributed by atoms with Crippen molar-refractivity contribution in [3.05, 3.63) is 50.8 Å². The molecule has 2 aliphatic heterocycles. The molecule has 0 unspecified atom stereocenters. The second kappa shape index (κ2) is 7.03. The summed E-state index contributed by atoms with van der Waals surface area (Å²) in [6, 6.07) is 5.34. The van der Waals surface area contributed by atoms with E-state index in [9.17, 15) is 14.7 Å². The van der Waals surface area contributed by atoms with Crippen LogP contribution in [-0.2, 0) is 4.74 Å². The van der Waals surface area contributed by atoms with Crippen molar-refractivity contribution in [1.29, 1.82) is 0 Å². The maximum Gasteiger partial charge on any atom is 0.341 e. The van der Waals surface area contributed by atoms with Gasteiger partial charge in [0.15, 0.2) is 5.43 Å². The first-order valence-electron chi connectivity index (χ1n) is 10.2. The van der Waals surface area contributed by atoms with Crippen molar-refractivity contribution in [1.82, 2.24) is 4.68 Å². The summed E-state index contributed by atoms with van der Waals surface area (Å²) in [5.41, 5.74) is 1.94. The summed E-state index contributed by atoms with van der Waals surface area (Å²) in [6.45, 7) is 1.12. The zero-order chi connectivity index (χ0) is 21.0. The third-order valence-corrected chi connectivity index (χ3v) is 6.77. The van der Waals surface area contributed by atoms with Crippen molar-refractivity contribution in [3.8, 4) is 17.0 Å². The molecule has 30 heavy (non-hydrogen) atoms. The normalized spacial score (nSPS) is 19.9. The Hall–Kier alpha value is -2.51. The zero-order valence-corrected chi connectivity index (χ0v) is 17.4. The SMILES string of the molecule is COCCCOc1cc2c(cc1Cl)-c1cc(=O)c(C(=O)O)cn1N1[C@@H]2CCC12CC2. The van der Waals surface area contributed by atoms with Gasteiger partial charge in [-0.15, -0.1) is 0 Å². The highest BCUT2D eigenvalue weighted by Crippen LogP contribution is 2.58. The topological polar surface area (TPSA) is 81.0 Å². The Bertz CT molecular complexity index is 1090. The van der Waals surface area contributed by atoms with E-state index in [2.05, 4.69) is 5.01 Å². The molecule has 5 rings (SSSR count). The molecule has 2 aromatic rings. The first kappa shape index (κ1) is 19.5. The van der Waals surface area contributed by atoms with E-state index in [0.717, 1.165) is 43.2 Å². The first-order chi connectivity index (χ1) is 14.4. The number of pyridine rings is 1. The molecule has 3 heterocycles. The summed E-state index contributed by atoms with van der Waals surface area (Å²) in [6.07, 6.45) is 6.38. The maximum absolute atomic E-state index is 12.5. The minimum atomic E-state index is -1.21. The lowest BCUT2D eigenvalue weighted by molar-refractivity contribution is 0.0694. The van der Waals surface area contributed by atoms with Gasteiger partial charge in [0.1, 0.15) is 11.3 Å². The second-order valence-corrected chi connectivity index (χ2v) is 8.68. The molecule has 1 aromatic carbocycles. The molecule has 2 fully saturated rings. The highest BCUT2D eigenvalue weighted by molar-refractivity contribution is 6.32. The third kappa shape index (κ3) is 2.91. The second-order valence-electron chi connectivity index (χ2n) is 8.27. The fraction of sp³-hybridized carbons (Fsp3) is 0.455. The van der Waals surface area contributed by atoms with Gasteiger partial charge < -0.3 is 14.6 Å². The summed E-state index contributed by atoms with van der Waals surface area (Å²) in [5.74, 6) is -0.583. The van der Waals surface area contributed by atoms with Gasteiger partial charge in [-0.1, -0.05) is 11.6 Å². The fourth-order valence-corrected chi connectivity index (χ4v) is 5.11. The van der Waals surface area contributed by atoms with Gasteiger partial charge in [0.2, 0.25) is 0 Å². The number of fused-ring (bicyclic) bond motifs is 7. The van der Waals surface area contributed by atoms with Gasteiger partial charge >= 0.3 is 5.97 Å². The van der Waals surface area contributed by atoms with E-state index in [4.69, 9.17) is 21.1 Å². The smallest absolute Gasteiger partial charge is 0.341 e. The Morgan fingerprint density at radius 2 is 2.07 bits per heavy atom. The van der Waals surface area contributed by atoms with Gasteiger partial charge in [-0.25, -0.2) is 4.79 Å². The summed E-state index contributed by atoms with van der Waals surface area (Å²) in [4.78, 5) is 24.1. The Labute approximate surface area is 178 Å². The molecule has 3 aliphatic rings. The van der Waals surface area contributed by atoms with Crippen LogP contribution >= 0.6 is 11.6 Å². The molecule has 1 spiro atoms. The molecule has 0 radical (unpaired) electrons. The molecule has 1 aromatic heterocycles. The number of methoxy groups -OCH3 is 1.